The summed E-state index contributed by atoms with van der Waals surface area (Å²) in [5, 5.41) is 0.996. The highest BCUT2D eigenvalue weighted by Gasteiger charge is 2.31. The Morgan fingerprint density at radius 1 is 1.00 bits per heavy atom. The van der Waals surface area contributed by atoms with E-state index in [0.29, 0.717) is 18.8 Å². The lowest BCUT2D eigenvalue weighted by Crippen LogP contribution is -2.39. The molecule has 1 saturated heterocycles. The molecular weight excluding hydrogens is 477 g/mol. The molecule has 2 aromatic carbocycles. The molecule has 0 atom stereocenters. The van der Waals surface area contributed by atoms with Crippen molar-refractivity contribution in [3.63, 3.8) is 0 Å². The number of benzene rings is 2. The van der Waals surface area contributed by atoms with Crippen molar-refractivity contribution >= 4 is 32.5 Å². The van der Waals surface area contributed by atoms with Crippen LogP contribution in [0.2, 0.25) is 0 Å². The van der Waals surface area contributed by atoms with Crippen LogP contribution in [0, 0.1) is 0 Å². The van der Waals surface area contributed by atoms with Gasteiger partial charge in [-0.15, -0.1) is 13.2 Å². The highest BCUT2D eigenvalue weighted by Crippen LogP contribution is 2.31. The fraction of sp³-hybridized carbons (Fsp3) is 0.318. The van der Waals surface area contributed by atoms with E-state index in [9.17, 15) is 18.0 Å². The second kappa shape index (κ2) is 8.45. The van der Waals surface area contributed by atoms with E-state index in [1.165, 1.54) is 24.3 Å². The number of piperidine rings is 1. The van der Waals surface area contributed by atoms with Crippen LogP contribution in [0.25, 0.3) is 10.9 Å². The molecule has 0 bridgehead atoms. The summed E-state index contributed by atoms with van der Waals surface area (Å²) in [5.41, 5.74) is 1.70. The lowest BCUT2D eigenvalue weighted by Gasteiger charge is -2.34. The molecular formula is C22H20BrF3N2O3. The number of pyridine rings is 1. The molecule has 4 rings (SSSR count). The zero-order chi connectivity index (χ0) is 22.2. The van der Waals surface area contributed by atoms with Gasteiger partial charge in [0.05, 0.1) is 11.2 Å². The standard InChI is InChI=1S/C22H20BrF3N2O3/c1-27-19-7-2-14(23)12-18(19)20(13-21(27)29)28-10-8-16(9-11-28)30-15-3-5-17(6-4-15)31-22(24,25)26/h2-7,12-13,16H,8-11H2,1H3. The number of rotatable bonds is 4. The SMILES string of the molecule is Cn1c(=O)cc(N2CCC(Oc3ccc(OC(F)(F)F)cc3)CC2)c2cc(Br)ccc21. The summed E-state index contributed by atoms with van der Waals surface area (Å²) in [6.07, 6.45) is -3.32. The van der Waals surface area contributed by atoms with Crippen molar-refractivity contribution in [3.05, 3.63) is 63.4 Å². The van der Waals surface area contributed by atoms with Crippen molar-refractivity contribution in [1.29, 1.82) is 0 Å². The largest absolute Gasteiger partial charge is 0.573 e. The van der Waals surface area contributed by atoms with E-state index in [1.54, 1.807) is 17.7 Å². The number of alkyl halides is 3. The molecule has 9 heteroatoms. The first-order valence-electron chi connectivity index (χ1n) is 9.76. The van der Waals surface area contributed by atoms with Crippen LogP contribution in [0.4, 0.5) is 18.9 Å². The van der Waals surface area contributed by atoms with Crippen molar-refractivity contribution in [2.24, 2.45) is 7.05 Å². The number of aryl methyl sites for hydroxylation is 1. The van der Waals surface area contributed by atoms with E-state index in [1.807, 2.05) is 18.2 Å². The fourth-order valence-corrected chi connectivity index (χ4v) is 4.17. The fourth-order valence-electron chi connectivity index (χ4n) is 3.80. The molecule has 0 N–H and O–H groups in total. The molecule has 0 saturated carbocycles. The second-order valence-electron chi connectivity index (χ2n) is 7.41. The van der Waals surface area contributed by atoms with E-state index in [0.717, 1.165) is 33.9 Å². The van der Waals surface area contributed by atoms with Gasteiger partial charge in [0.15, 0.2) is 0 Å². The Balaban J connectivity index is 1.44. The summed E-state index contributed by atoms with van der Waals surface area (Å²) in [6.45, 7) is 1.41. The minimum absolute atomic E-state index is 0.0600. The van der Waals surface area contributed by atoms with Gasteiger partial charge in [0, 0.05) is 48.9 Å². The third-order valence-electron chi connectivity index (χ3n) is 5.33. The Labute approximate surface area is 185 Å². The van der Waals surface area contributed by atoms with Crippen LogP contribution in [0.1, 0.15) is 12.8 Å². The van der Waals surface area contributed by atoms with Crippen molar-refractivity contribution in [3.8, 4) is 11.5 Å². The number of ether oxygens (including phenoxy) is 2. The van der Waals surface area contributed by atoms with Crippen LogP contribution < -0.4 is 19.9 Å². The Morgan fingerprint density at radius 2 is 1.65 bits per heavy atom. The quantitative estimate of drug-likeness (QED) is 0.494. The van der Waals surface area contributed by atoms with Gasteiger partial charge in [-0.1, -0.05) is 15.9 Å². The average molecular weight is 497 g/mol. The second-order valence-corrected chi connectivity index (χ2v) is 8.33. The molecule has 0 radical (unpaired) electrons. The molecule has 0 aliphatic carbocycles. The van der Waals surface area contributed by atoms with Gasteiger partial charge in [-0.05, 0) is 42.5 Å². The molecule has 3 aromatic rings. The van der Waals surface area contributed by atoms with E-state index < -0.39 is 6.36 Å². The average Bonchev–Trinajstić information content (AvgIpc) is 2.72. The molecule has 0 amide bonds. The lowest BCUT2D eigenvalue weighted by atomic mass is 10.1. The number of halogens is 4. The van der Waals surface area contributed by atoms with Gasteiger partial charge in [0.25, 0.3) is 5.56 Å². The van der Waals surface area contributed by atoms with E-state index in [4.69, 9.17) is 4.74 Å². The molecule has 5 nitrogen and oxygen atoms in total. The first kappa shape index (κ1) is 21.5. The molecule has 31 heavy (non-hydrogen) atoms. The number of hydrogen-bond acceptors (Lipinski definition) is 4. The van der Waals surface area contributed by atoms with E-state index in [-0.39, 0.29) is 17.4 Å². The molecule has 1 aliphatic heterocycles. The molecule has 0 unspecified atom stereocenters. The predicted octanol–water partition coefficient (Wildman–Crippen LogP) is 5.25. The van der Waals surface area contributed by atoms with Crippen LogP contribution in [-0.2, 0) is 7.05 Å². The summed E-state index contributed by atoms with van der Waals surface area (Å²) < 4.78 is 49.2. The Hall–Kier alpha value is -2.68. The van der Waals surface area contributed by atoms with Gasteiger partial charge in [-0.2, -0.15) is 0 Å². The van der Waals surface area contributed by atoms with Crippen molar-refractivity contribution in [2.45, 2.75) is 25.3 Å². The smallest absolute Gasteiger partial charge is 0.490 e. The predicted molar refractivity (Wildman–Crippen MR) is 116 cm³/mol. The minimum Gasteiger partial charge on any atom is -0.490 e. The first-order chi connectivity index (χ1) is 14.7. The third kappa shape index (κ3) is 4.98. The molecule has 1 aliphatic rings. The number of aromatic nitrogens is 1. The molecule has 164 valence electrons. The molecule has 2 heterocycles. The van der Waals surface area contributed by atoms with Gasteiger partial charge in [0.1, 0.15) is 17.6 Å². The van der Waals surface area contributed by atoms with Crippen LogP contribution >= 0.6 is 15.9 Å². The zero-order valence-electron chi connectivity index (χ0n) is 16.7. The van der Waals surface area contributed by atoms with Crippen LogP contribution in [-0.4, -0.2) is 30.1 Å². The minimum atomic E-state index is -4.71. The summed E-state index contributed by atoms with van der Waals surface area (Å²) in [4.78, 5) is 14.6. The first-order valence-corrected chi connectivity index (χ1v) is 10.6. The monoisotopic (exact) mass is 496 g/mol. The maximum Gasteiger partial charge on any atom is 0.573 e. The Morgan fingerprint density at radius 3 is 2.29 bits per heavy atom. The number of nitrogens with zero attached hydrogens (tertiary/aromatic N) is 2. The van der Waals surface area contributed by atoms with Crippen LogP contribution in [0.3, 0.4) is 0 Å². The maximum absolute atomic E-state index is 12.4. The van der Waals surface area contributed by atoms with Crippen LogP contribution in [0.15, 0.2) is 57.8 Å². The highest BCUT2D eigenvalue weighted by atomic mass is 79.9. The summed E-state index contributed by atoms with van der Waals surface area (Å²) in [6, 6.07) is 12.9. The normalized spacial score (nSPS) is 15.3. The summed E-state index contributed by atoms with van der Waals surface area (Å²) in [7, 11) is 1.76. The van der Waals surface area contributed by atoms with E-state index in [2.05, 4.69) is 25.6 Å². The molecule has 0 spiro atoms. The van der Waals surface area contributed by atoms with Crippen LogP contribution in [0.5, 0.6) is 11.5 Å². The van der Waals surface area contributed by atoms with E-state index >= 15 is 0 Å². The van der Waals surface area contributed by atoms with Crippen molar-refractivity contribution in [2.75, 3.05) is 18.0 Å². The van der Waals surface area contributed by atoms with Gasteiger partial charge < -0.3 is 18.9 Å². The topological polar surface area (TPSA) is 43.7 Å². The Kier molecular flexibility index (Phi) is 5.88. The maximum atomic E-state index is 12.4. The highest BCUT2D eigenvalue weighted by molar-refractivity contribution is 9.10. The molecule has 1 aromatic heterocycles. The molecule has 1 fully saturated rings. The lowest BCUT2D eigenvalue weighted by molar-refractivity contribution is -0.274. The summed E-state index contributed by atoms with van der Waals surface area (Å²) >= 11 is 3.50. The zero-order valence-corrected chi connectivity index (χ0v) is 18.2. The Bertz CT molecular complexity index is 1140. The third-order valence-corrected chi connectivity index (χ3v) is 5.82. The number of hydrogen-bond donors (Lipinski definition) is 0. The summed E-state index contributed by atoms with van der Waals surface area (Å²) in [5.74, 6) is 0.217. The number of anilines is 1. The van der Waals surface area contributed by atoms with Gasteiger partial charge in [0.2, 0.25) is 0 Å². The van der Waals surface area contributed by atoms with Crippen molar-refractivity contribution < 1.29 is 22.6 Å². The van der Waals surface area contributed by atoms with Gasteiger partial charge in [-0.3, -0.25) is 4.79 Å². The van der Waals surface area contributed by atoms with Gasteiger partial charge >= 0.3 is 6.36 Å². The van der Waals surface area contributed by atoms with Gasteiger partial charge in [-0.25, -0.2) is 0 Å². The number of fused-ring (bicyclic) bond motifs is 1. The van der Waals surface area contributed by atoms with Crippen molar-refractivity contribution in [1.82, 2.24) is 4.57 Å².